The molecule has 0 unspecified atom stereocenters. The van der Waals surface area contributed by atoms with Gasteiger partial charge in [0.25, 0.3) is 11.6 Å². The lowest BCUT2D eigenvalue weighted by Crippen LogP contribution is -2.30. The van der Waals surface area contributed by atoms with Gasteiger partial charge in [-0.25, -0.2) is 0 Å². The van der Waals surface area contributed by atoms with E-state index in [0.29, 0.717) is 11.5 Å². The highest BCUT2D eigenvalue weighted by Gasteiger charge is 2.24. The van der Waals surface area contributed by atoms with Crippen molar-refractivity contribution in [3.8, 4) is 11.5 Å². The molecule has 0 heterocycles. The van der Waals surface area contributed by atoms with Crippen LogP contribution in [0.5, 0.6) is 11.5 Å². The number of thioether (sulfide) groups is 1. The number of nitrogens with zero attached hydrogens (tertiary/aromatic N) is 1. The lowest BCUT2D eigenvalue weighted by molar-refractivity contribution is -0.385. The number of hydrogen-bond donors (Lipinski definition) is 1. The Morgan fingerprint density at radius 1 is 0.935 bits per heavy atom. The molecule has 1 amide bonds. The summed E-state index contributed by atoms with van der Waals surface area (Å²) >= 11 is 1.41. The summed E-state index contributed by atoms with van der Waals surface area (Å²) in [5.74, 6) is 0.845. The molecule has 0 aromatic heterocycles. The molecule has 0 aliphatic heterocycles. The van der Waals surface area contributed by atoms with Crippen molar-refractivity contribution in [2.75, 3.05) is 20.5 Å². The van der Waals surface area contributed by atoms with E-state index in [9.17, 15) is 14.9 Å². The van der Waals surface area contributed by atoms with E-state index >= 15 is 0 Å². The summed E-state index contributed by atoms with van der Waals surface area (Å²) in [6.07, 6.45) is 1.85. The second kappa shape index (κ2) is 9.99. The second-order valence-electron chi connectivity index (χ2n) is 6.59. The highest BCUT2D eigenvalue weighted by Crippen LogP contribution is 2.29. The first-order chi connectivity index (χ1) is 15.0. The molecule has 3 aromatic carbocycles. The number of carbonyl (C=O) groups is 1. The van der Waals surface area contributed by atoms with E-state index in [-0.39, 0.29) is 11.3 Å². The van der Waals surface area contributed by atoms with Crippen LogP contribution in [0, 0.1) is 10.1 Å². The normalized spacial score (nSPS) is 10.6. The summed E-state index contributed by atoms with van der Waals surface area (Å²) in [7, 11) is 3.16. The molecule has 0 saturated carbocycles. The summed E-state index contributed by atoms with van der Waals surface area (Å²) in [5, 5.41) is 14.4. The van der Waals surface area contributed by atoms with E-state index < -0.39 is 16.9 Å². The maximum Gasteiger partial charge on any atom is 0.282 e. The third-order valence-electron chi connectivity index (χ3n) is 4.82. The third kappa shape index (κ3) is 5.16. The molecule has 0 radical (unpaired) electrons. The van der Waals surface area contributed by atoms with Crippen molar-refractivity contribution >= 4 is 23.4 Å². The zero-order valence-electron chi connectivity index (χ0n) is 17.3. The molecule has 0 spiro atoms. The fraction of sp³-hybridized carbons (Fsp3) is 0.174. The lowest BCUT2D eigenvalue weighted by atomic mass is 9.97. The molecule has 0 aliphatic rings. The number of carbonyl (C=O) groups excluding carboxylic acids is 1. The van der Waals surface area contributed by atoms with Gasteiger partial charge in [0.1, 0.15) is 17.1 Å². The molecule has 3 rings (SSSR count). The highest BCUT2D eigenvalue weighted by atomic mass is 32.2. The predicted octanol–water partition coefficient (Wildman–Crippen LogP) is 4.85. The zero-order valence-corrected chi connectivity index (χ0v) is 18.1. The molecule has 1 N–H and O–H groups in total. The van der Waals surface area contributed by atoms with Gasteiger partial charge in [0.2, 0.25) is 0 Å². The standard InChI is InChI=1S/C23H22N2O5S/c1-29-17-8-4-15(5-9-17)22(16-6-10-18(30-2)11-7-16)24-23(26)20-14-19(31-3)12-13-21(20)25(27)28/h4-14,22H,1-3H3,(H,24,26). The van der Waals surface area contributed by atoms with Gasteiger partial charge in [-0.3, -0.25) is 14.9 Å². The molecule has 0 atom stereocenters. The van der Waals surface area contributed by atoms with Crippen molar-refractivity contribution in [2.24, 2.45) is 0 Å². The summed E-state index contributed by atoms with van der Waals surface area (Å²) in [6.45, 7) is 0. The minimum Gasteiger partial charge on any atom is -0.497 e. The van der Waals surface area contributed by atoms with Crippen molar-refractivity contribution in [3.63, 3.8) is 0 Å². The Morgan fingerprint density at radius 3 is 1.87 bits per heavy atom. The Balaban J connectivity index is 2.01. The van der Waals surface area contributed by atoms with Crippen LogP contribution in [0.15, 0.2) is 71.6 Å². The number of nitro groups is 1. The van der Waals surface area contributed by atoms with Crippen LogP contribution in [-0.4, -0.2) is 31.3 Å². The second-order valence-corrected chi connectivity index (χ2v) is 7.47. The van der Waals surface area contributed by atoms with Crippen LogP contribution in [0.1, 0.15) is 27.5 Å². The number of nitrogens with one attached hydrogen (secondary N) is 1. The minimum absolute atomic E-state index is 0.0175. The summed E-state index contributed by atoms with van der Waals surface area (Å²) in [4.78, 5) is 24.9. The molecule has 0 fully saturated rings. The van der Waals surface area contributed by atoms with Crippen LogP contribution in [0.4, 0.5) is 5.69 Å². The average Bonchev–Trinajstić information content (AvgIpc) is 2.82. The lowest BCUT2D eigenvalue weighted by Gasteiger charge is -2.21. The molecule has 3 aromatic rings. The van der Waals surface area contributed by atoms with Crippen molar-refractivity contribution in [2.45, 2.75) is 10.9 Å². The smallest absolute Gasteiger partial charge is 0.282 e. The van der Waals surface area contributed by atoms with Gasteiger partial charge >= 0.3 is 0 Å². The van der Waals surface area contributed by atoms with Crippen LogP contribution >= 0.6 is 11.8 Å². The third-order valence-corrected chi connectivity index (χ3v) is 5.54. The summed E-state index contributed by atoms with van der Waals surface area (Å²) in [6, 6.07) is 18.6. The van der Waals surface area contributed by atoms with E-state index in [1.165, 1.54) is 23.9 Å². The Labute approximate surface area is 184 Å². The number of ether oxygens (including phenoxy) is 2. The Morgan fingerprint density at radius 2 is 1.45 bits per heavy atom. The molecule has 8 heteroatoms. The van der Waals surface area contributed by atoms with Crippen molar-refractivity contribution in [1.82, 2.24) is 5.32 Å². The average molecular weight is 439 g/mol. The SMILES string of the molecule is COc1ccc(C(NC(=O)c2cc(SC)ccc2[N+](=O)[O-])c2ccc(OC)cc2)cc1. The topological polar surface area (TPSA) is 90.7 Å². The molecule has 0 aliphatic carbocycles. The van der Waals surface area contributed by atoms with E-state index in [4.69, 9.17) is 9.47 Å². The molecular weight excluding hydrogens is 416 g/mol. The molecular formula is C23H22N2O5S. The largest absolute Gasteiger partial charge is 0.497 e. The highest BCUT2D eigenvalue weighted by molar-refractivity contribution is 7.98. The number of nitro benzene ring substituents is 1. The van der Waals surface area contributed by atoms with Crippen LogP contribution in [-0.2, 0) is 0 Å². The summed E-state index contributed by atoms with van der Waals surface area (Å²) < 4.78 is 10.4. The Hall–Kier alpha value is -3.52. The van der Waals surface area contributed by atoms with Gasteiger partial charge in [0.05, 0.1) is 25.2 Å². The quantitative estimate of drug-likeness (QED) is 0.307. The summed E-state index contributed by atoms with van der Waals surface area (Å²) in [5.41, 5.74) is 1.40. The molecule has 160 valence electrons. The van der Waals surface area contributed by atoms with Gasteiger partial charge in [-0.1, -0.05) is 24.3 Å². The predicted molar refractivity (Wildman–Crippen MR) is 120 cm³/mol. The number of amides is 1. The number of rotatable bonds is 8. The molecule has 0 saturated heterocycles. The molecule has 31 heavy (non-hydrogen) atoms. The maximum atomic E-state index is 13.2. The van der Waals surface area contributed by atoms with Crippen LogP contribution in [0.2, 0.25) is 0 Å². The van der Waals surface area contributed by atoms with E-state index in [1.807, 2.05) is 30.5 Å². The maximum absolute atomic E-state index is 13.2. The van der Waals surface area contributed by atoms with E-state index in [0.717, 1.165) is 16.0 Å². The van der Waals surface area contributed by atoms with E-state index in [1.54, 1.807) is 44.6 Å². The minimum atomic E-state index is -0.547. The zero-order chi connectivity index (χ0) is 22.4. The van der Waals surface area contributed by atoms with Gasteiger partial charge in [-0.15, -0.1) is 11.8 Å². The number of methoxy groups -OCH3 is 2. The van der Waals surface area contributed by atoms with Crippen molar-refractivity contribution in [3.05, 3.63) is 93.5 Å². The van der Waals surface area contributed by atoms with Gasteiger partial charge < -0.3 is 14.8 Å². The number of hydrogen-bond acceptors (Lipinski definition) is 6. The Bertz CT molecular complexity index is 1020. The molecule has 0 bridgehead atoms. The van der Waals surface area contributed by atoms with Gasteiger partial charge in [-0.05, 0) is 53.8 Å². The van der Waals surface area contributed by atoms with Gasteiger partial charge in [-0.2, -0.15) is 0 Å². The van der Waals surface area contributed by atoms with Crippen LogP contribution < -0.4 is 14.8 Å². The fourth-order valence-corrected chi connectivity index (χ4v) is 3.58. The van der Waals surface area contributed by atoms with Crippen LogP contribution in [0.25, 0.3) is 0 Å². The fourth-order valence-electron chi connectivity index (χ4n) is 3.14. The molecule has 7 nitrogen and oxygen atoms in total. The van der Waals surface area contributed by atoms with E-state index in [2.05, 4.69) is 5.32 Å². The Kier molecular flexibility index (Phi) is 7.15. The van der Waals surface area contributed by atoms with Gasteiger partial charge in [0, 0.05) is 11.0 Å². The van der Waals surface area contributed by atoms with Crippen molar-refractivity contribution < 1.29 is 19.2 Å². The number of benzene rings is 3. The van der Waals surface area contributed by atoms with Crippen LogP contribution in [0.3, 0.4) is 0 Å². The van der Waals surface area contributed by atoms with Crippen molar-refractivity contribution in [1.29, 1.82) is 0 Å². The van der Waals surface area contributed by atoms with Gasteiger partial charge in [0.15, 0.2) is 0 Å². The first kappa shape index (κ1) is 22.2. The first-order valence-corrected chi connectivity index (χ1v) is 10.6. The first-order valence-electron chi connectivity index (χ1n) is 9.38. The monoisotopic (exact) mass is 438 g/mol.